The van der Waals surface area contributed by atoms with Crippen LogP contribution < -0.4 is 15.0 Å². The molecule has 2 fully saturated rings. The molecule has 1 N–H and O–H groups in total. The third-order valence-corrected chi connectivity index (χ3v) is 8.39. The number of carbonyl (C=O) groups is 3. The van der Waals surface area contributed by atoms with Crippen LogP contribution in [-0.4, -0.2) is 59.7 Å². The van der Waals surface area contributed by atoms with E-state index in [1.807, 2.05) is 12.1 Å². The zero-order valence-electron chi connectivity index (χ0n) is 23.9. The Morgan fingerprint density at radius 3 is 2.61 bits per heavy atom. The summed E-state index contributed by atoms with van der Waals surface area (Å²) in [5.74, 6) is -1.04. The number of nitrogens with zero attached hydrogens (tertiary/aromatic N) is 5. The number of nitrogens with one attached hydrogen (secondary N) is 1. The molecule has 0 bridgehead atoms. The molecule has 3 aromatic carbocycles. The summed E-state index contributed by atoms with van der Waals surface area (Å²) in [4.78, 5) is 46.2. The molecule has 11 heteroatoms. The van der Waals surface area contributed by atoms with Gasteiger partial charge in [0.05, 0.1) is 30.4 Å². The highest BCUT2D eigenvalue weighted by Gasteiger charge is 2.40. The van der Waals surface area contributed by atoms with Crippen LogP contribution in [0, 0.1) is 23.7 Å². The van der Waals surface area contributed by atoms with Crippen LogP contribution in [0.1, 0.15) is 45.5 Å². The summed E-state index contributed by atoms with van der Waals surface area (Å²) in [7, 11) is 0. The molecule has 1 atom stereocenters. The molecule has 3 aliphatic heterocycles. The van der Waals surface area contributed by atoms with Crippen LogP contribution in [0.25, 0.3) is 4.85 Å². The maximum absolute atomic E-state index is 15.2. The Kier molecular flexibility index (Phi) is 7.97. The van der Waals surface area contributed by atoms with Crippen LogP contribution >= 0.6 is 0 Å². The highest BCUT2D eigenvalue weighted by atomic mass is 19.1. The molecule has 0 radical (unpaired) electrons. The number of anilines is 1. The number of rotatable bonds is 7. The van der Waals surface area contributed by atoms with E-state index in [4.69, 9.17) is 11.3 Å². The lowest BCUT2D eigenvalue weighted by atomic mass is 10.0. The first-order valence-electron chi connectivity index (χ1n) is 14.4. The molecule has 3 amide bonds. The van der Waals surface area contributed by atoms with Crippen molar-refractivity contribution in [3.8, 4) is 11.8 Å². The molecule has 2 saturated heterocycles. The van der Waals surface area contributed by atoms with Crippen molar-refractivity contribution in [3.05, 3.63) is 99.6 Å². The second-order valence-corrected chi connectivity index (χ2v) is 11.1. The quantitative estimate of drug-likeness (QED) is 0.327. The Hall–Kier alpha value is -5.26. The summed E-state index contributed by atoms with van der Waals surface area (Å²) in [5, 5.41) is 11.8. The molecule has 3 aromatic rings. The molecule has 44 heavy (non-hydrogen) atoms. The van der Waals surface area contributed by atoms with Gasteiger partial charge in [-0.2, -0.15) is 5.26 Å². The molecule has 10 nitrogen and oxygen atoms in total. The Morgan fingerprint density at radius 1 is 1.07 bits per heavy atom. The van der Waals surface area contributed by atoms with Crippen molar-refractivity contribution in [1.29, 1.82) is 5.26 Å². The van der Waals surface area contributed by atoms with Crippen molar-refractivity contribution >= 4 is 29.1 Å². The molecule has 0 aliphatic carbocycles. The summed E-state index contributed by atoms with van der Waals surface area (Å²) in [5.41, 5.74) is 4.06. The minimum absolute atomic E-state index is 0.0264. The molecule has 0 aromatic heterocycles. The number of piperidine rings is 1. The van der Waals surface area contributed by atoms with E-state index in [-0.39, 0.29) is 43.6 Å². The number of piperazine rings is 1. The Balaban J connectivity index is 1.05. The highest BCUT2D eigenvalue weighted by Crippen LogP contribution is 2.34. The average Bonchev–Trinajstić information content (AvgIpc) is 3.37. The SMILES string of the molecule is [C-]#[N+]c1ccc(N2CCN(Cc3ccc(COc4cccc5c4CN([C@H]4CCC(=O)NC4=O)C5=O)c(F)c3)CC2)c(C#N)c1. The minimum atomic E-state index is -0.722. The molecule has 0 saturated carbocycles. The maximum Gasteiger partial charge on any atom is 0.255 e. The average molecular weight is 593 g/mol. The van der Waals surface area contributed by atoms with Crippen molar-refractivity contribution in [2.45, 2.75) is 38.6 Å². The third kappa shape index (κ3) is 5.70. The number of hydrogen-bond donors (Lipinski definition) is 1. The monoisotopic (exact) mass is 592 g/mol. The molecule has 222 valence electrons. The van der Waals surface area contributed by atoms with E-state index in [2.05, 4.69) is 26.0 Å². The second kappa shape index (κ2) is 12.2. The highest BCUT2D eigenvalue weighted by molar-refractivity contribution is 6.05. The predicted molar refractivity (Wildman–Crippen MR) is 158 cm³/mol. The van der Waals surface area contributed by atoms with Crippen LogP contribution in [0.4, 0.5) is 15.8 Å². The number of fused-ring (bicyclic) bond motifs is 1. The summed E-state index contributed by atoms with van der Waals surface area (Å²) >= 11 is 0. The van der Waals surface area contributed by atoms with Crippen molar-refractivity contribution in [3.63, 3.8) is 0 Å². The first-order valence-corrected chi connectivity index (χ1v) is 14.4. The van der Waals surface area contributed by atoms with Gasteiger partial charge in [0.15, 0.2) is 5.69 Å². The number of nitriles is 1. The lowest BCUT2D eigenvalue weighted by Crippen LogP contribution is -2.52. The van der Waals surface area contributed by atoms with Gasteiger partial charge in [-0.15, -0.1) is 0 Å². The van der Waals surface area contributed by atoms with Crippen molar-refractivity contribution in [2.24, 2.45) is 0 Å². The fourth-order valence-electron chi connectivity index (χ4n) is 6.02. The Morgan fingerprint density at radius 2 is 1.89 bits per heavy atom. The summed E-state index contributed by atoms with van der Waals surface area (Å²) in [6, 6.07) is 16.9. The van der Waals surface area contributed by atoms with Gasteiger partial charge in [0.2, 0.25) is 11.8 Å². The van der Waals surface area contributed by atoms with Gasteiger partial charge in [0.25, 0.3) is 5.91 Å². The zero-order chi connectivity index (χ0) is 30.8. The lowest BCUT2D eigenvalue weighted by molar-refractivity contribution is -0.136. The fourth-order valence-corrected chi connectivity index (χ4v) is 6.02. The van der Waals surface area contributed by atoms with E-state index in [1.165, 1.54) is 11.0 Å². The summed E-state index contributed by atoms with van der Waals surface area (Å²) < 4.78 is 21.2. The van der Waals surface area contributed by atoms with E-state index in [0.29, 0.717) is 53.3 Å². The fraction of sp³-hybridized carbons (Fsp3) is 0.303. The number of imide groups is 1. The van der Waals surface area contributed by atoms with Crippen molar-refractivity contribution in [1.82, 2.24) is 15.1 Å². The van der Waals surface area contributed by atoms with Gasteiger partial charge in [-0.3, -0.25) is 24.6 Å². The van der Waals surface area contributed by atoms with Crippen LogP contribution in [0.5, 0.6) is 5.75 Å². The lowest BCUT2D eigenvalue weighted by Gasteiger charge is -2.36. The second-order valence-electron chi connectivity index (χ2n) is 11.1. The van der Waals surface area contributed by atoms with Crippen LogP contribution in [-0.2, 0) is 29.3 Å². The molecule has 0 spiro atoms. The molecular formula is C33H29FN6O4. The van der Waals surface area contributed by atoms with E-state index in [9.17, 15) is 19.6 Å². The van der Waals surface area contributed by atoms with Crippen LogP contribution in [0.3, 0.4) is 0 Å². The van der Waals surface area contributed by atoms with Crippen molar-refractivity contribution in [2.75, 3.05) is 31.1 Å². The largest absolute Gasteiger partial charge is 0.488 e. The molecule has 3 aliphatic rings. The number of hydrogen-bond acceptors (Lipinski definition) is 7. The molecule has 6 rings (SSSR count). The number of amides is 3. The topological polar surface area (TPSA) is 110 Å². The van der Waals surface area contributed by atoms with Crippen LogP contribution in [0.15, 0.2) is 54.6 Å². The van der Waals surface area contributed by atoms with Gasteiger partial charge in [0.1, 0.15) is 24.2 Å². The van der Waals surface area contributed by atoms with Gasteiger partial charge in [0, 0.05) is 55.8 Å². The van der Waals surface area contributed by atoms with Gasteiger partial charge < -0.3 is 14.5 Å². The Labute approximate surface area is 254 Å². The molecule has 0 unspecified atom stereocenters. The number of halogens is 1. The third-order valence-electron chi connectivity index (χ3n) is 8.39. The maximum atomic E-state index is 15.2. The zero-order valence-corrected chi connectivity index (χ0v) is 23.9. The van der Waals surface area contributed by atoms with Gasteiger partial charge in [-0.05, 0) is 42.3 Å². The molecular weight excluding hydrogens is 563 g/mol. The van der Waals surface area contributed by atoms with E-state index in [0.717, 1.165) is 24.3 Å². The van der Waals surface area contributed by atoms with E-state index < -0.39 is 11.9 Å². The number of carbonyl (C=O) groups excluding carboxylic acids is 3. The Bertz CT molecular complexity index is 1740. The smallest absolute Gasteiger partial charge is 0.255 e. The van der Waals surface area contributed by atoms with Crippen LogP contribution in [0.2, 0.25) is 0 Å². The number of benzene rings is 3. The molecule has 3 heterocycles. The van der Waals surface area contributed by atoms with Gasteiger partial charge >= 0.3 is 0 Å². The first kappa shape index (κ1) is 28.8. The van der Waals surface area contributed by atoms with E-state index >= 15 is 4.39 Å². The van der Waals surface area contributed by atoms with Gasteiger partial charge in [-0.1, -0.05) is 24.3 Å². The summed E-state index contributed by atoms with van der Waals surface area (Å²) in [6.45, 7) is 10.8. The van der Waals surface area contributed by atoms with Gasteiger partial charge in [-0.25, -0.2) is 9.24 Å². The van der Waals surface area contributed by atoms with Crippen molar-refractivity contribution < 1.29 is 23.5 Å². The predicted octanol–water partition coefficient (Wildman–Crippen LogP) is 3.91. The summed E-state index contributed by atoms with van der Waals surface area (Å²) in [6.07, 6.45) is 0.446. The first-order chi connectivity index (χ1) is 21.3. The standard InChI is InChI=1S/C33H29FN6O4/c1-36-24-7-8-28(23(16-24)17-35)39-13-11-38(12-14-39)18-21-5-6-22(27(34)15-21)20-44-30-4-2-3-25-26(30)19-40(33(25)43)29-9-10-31(41)37-32(29)42/h2-8,15-16,29H,9-14,18-20H2,(H,37,41,42)/t29-/m0/s1. The van der Waals surface area contributed by atoms with E-state index in [1.54, 1.807) is 36.4 Å². The minimum Gasteiger partial charge on any atom is -0.488 e. The normalized spacial score (nSPS) is 18.4. The number of ether oxygens (including phenoxy) is 1.